The summed E-state index contributed by atoms with van der Waals surface area (Å²) in [5.41, 5.74) is -2.93. The van der Waals surface area contributed by atoms with Crippen LogP contribution in [0.15, 0.2) is 36.4 Å². The lowest BCUT2D eigenvalue weighted by Crippen LogP contribution is -2.44. The number of nitriles is 1. The Bertz CT molecular complexity index is 1470. The van der Waals surface area contributed by atoms with Crippen molar-refractivity contribution in [2.24, 2.45) is 0 Å². The minimum absolute atomic E-state index is 0.0884. The third-order valence-corrected chi connectivity index (χ3v) is 7.35. The van der Waals surface area contributed by atoms with Crippen molar-refractivity contribution in [3.8, 4) is 6.07 Å². The monoisotopic (exact) mass is 597 g/mol. The second kappa shape index (κ2) is 10.5. The van der Waals surface area contributed by atoms with E-state index in [1.165, 1.54) is 42.5 Å². The molecule has 14 heteroatoms. The number of hydrogen-bond acceptors (Lipinski definition) is 7. The van der Waals surface area contributed by atoms with E-state index in [4.69, 9.17) is 31.7 Å². The standard InChI is InChI=1S/C26H23F4N3O5S2/c1-24(2)22(35)32(15-6-5-14(11-31)18(9-15)26(28,29)30)23(39)33(24)16-7-8-17(19(27)10-16)21(34)36-13-40-20-12-37-25(3,4)38-20/h5-10,13,20,40H,12H2,1-4H3. The van der Waals surface area contributed by atoms with Crippen LogP contribution in [0.3, 0.4) is 0 Å². The molecular formula is C26H23F4N3O5S2. The number of anilines is 2. The fourth-order valence-electron chi connectivity index (χ4n) is 4.22. The van der Waals surface area contributed by atoms with E-state index in [1.54, 1.807) is 13.8 Å². The van der Waals surface area contributed by atoms with Gasteiger partial charge in [0.05, 0.1) is 35.1 Å². The first-order valence-corrected chi connectivity index (χ1v) is 13.1. The molecule has 2 aromatic rings. The fraction of sp³-hybridized carbons (Fsp3) is 0.346. The number of carbonyl (C=O) groups is 2. The van der Waals surface area contributed by atoms with Gasteiger partial charge in [0, 0.05) is 5.69 Å². The molecule has 1 atom stereocenters. The van der Waals surface area contributed by atoms with Crippen molar-refractivity contribution in [1.82, 2.24) is 0 Å². The van der Waals surface area contributed by atoms with Gasteiger partial charge in [-0.2, -0.15) is 18.4 Å². The highest BCUT2D eigenvalue weighted by atomic mass is 32.1. The number of ether oxygens (including phenoxy) is 3. The van der Waals surface area contributed by atoms with Gasteiger partial charge in [-0.15, -0.1) is 11.4 Å². The van der Waals surface area contributed by atoms with Gasteiger partial charge in [-0.25, -0.2) is 9.18 Å². The number of benzene rings is 2. The average Bonchev–Trinajstić information content (AvgIpc) is 3.29. The lowest BCUT2D eigenvalue weighted by molar-refractivity contribution is -0.137. The van der Waals surface area contributed by atoms with Crippen LogP contribution < -0.4 is 9.80 Å². The zero-order valence-electron chi connectivity index (χ0n) is 21.6. The molecule has 40 heavy (non-hydrogen) atoms. The van der Waals surface area contributed by atoms with Crippen LogP contribution >= 0.6 is 23.6 Å². The van der Waals surface area contributed by atoms with Gasteiger partial charge in [-0.05, 0) is 76.3 Å². The predicted molar refractivity (Wildman–Crippen MR) is 145 cm³/mol. The number of nitrogens with zero attached hydrogens (tertiary/aromatic N) is 3. The van der Waals surface area contributed by atoms with Crippen LogP contribution in [0.5, 0.6) is 0 Å². The first-order valence-electron chi connectivity index (χ1n) is 11.7. The van der Waals surface area contributed by atoms with Crippen LogP contribution in [0.2, 0.25) is 0 Å². The average molecular weight is 598 g/mol. The normalized spacial score (nSPS) is 20.5. The zero-order chi connectivity index (χ0) is 29.6. The van der Waals surface area contributed by atoms with Gasteiger partial charge in [0.1, 0.15) is 22.3 Å². The molecule has 212 valence electrons. The van der Waals surface area contributed by atoms with Crippen molar-refractivity contribution in [2.75, 3.05) is 16.4 Å². The number of amides is 1. The van der Waals surface area contributed by atoms with E-state index in [0.29, 0.717) is 24.0 Å². The van der Waals surface area contributed by atoms with Gasteiger partial charge < -0.3 is 19.1 Å². The molecule has 1 unspecified atom stereocenters. The summed E-state index contributed by atoms with van der Waals surface area (Å²) in [4.78, 5) is 28.0. The summed E-state index contributed by atoms with van der Waals surface area (Å²) in [5.74, 6) is -3.35. The van der Waals surface area contributed by atoms with E-state index in [0.717, 1.165) is 23.1 Å². The minimum Gasteiger partial charge on any atom is -0.425 e. The topological polar surface area (TPSA) is 92.1 Å². The number of alkyl halides is 3. The van der Waals surface area contributed by atoms with E-state index in [1.807, 2.05) is 0 Å². The van der Waals surface area contributed by atoms with Crippen molar-refractivity contribution < 1.29 is 41.4 Å². The molecule has 0 spiro atoms. The molecule has 2 fully saturated rings. The molecule has 4 rings (SSSR count). The number of carbonyl (C=O) groups excluding carboxylic acids is 2. The minimum atomic E-state index is -4.85. The zero-order valence-corrected chi connectivity index (χ0v) is 23.3. The van der Waals surface area contributed by atoms with Crippen LogP contribution in [0.4, 0.5) is 28.9 Å². The van der Waals surface area contributed by atoms with E-state index in [-0.39, 0.29) is 27.5 Å². The lowest BCUT2D eigenvalue weighted by atomic mass is 10.0. The van der Waals surface area contributed by atoms with Crippen LogP contribution in [0.1, 0.15) is 49.2 Å². The number of hydrogen-bond donors (Lipinski definition) is 1. The highest BCUT2D eigenvalue weighted by Crippen LogP contribution is 2.40. The Morgan fingerprint density at radius 1 is 1.20 bits per heavy atom. The third kappa shape index (κ3) is 5.60. The second-order valence-electron chi connectivity index (χ2n) is 9.76. The van der Waals surface area contributed by atoms with Crippen molar-refractivity contribution in [2.45, 2.75) is 50.6 Å². The molecule has 0 N–H and O–H groups in total. The first kappa shape index (κ1) is 29.6. The summed E-state index contributed by atoms with van der Waals surface area (Å²) in [6.07, 6.45) is -4.85. The van der Waals surface area contributed by atoms with Gasteiger partial charge in [0.2, 0.25) is 0 Å². The van der Waals surface area contributed by atoms with Crippen LogP contribution in [-0.2, 0) is 25.2 Å². The lowest BCUT2D eigenvalue weighted by Gasteiger charge is -2.29. The largest absolute Gasteiger partial charge is 0.425 e. The van der Waals surface area contributed by atoms with Crippen LogP contribution in [0, 0.1) is 17.1 Å². The Balaban J connectivity index is 1.58. The van der Waals surface area contributed by atoms with E-state index >= 15 is 4.39 Å². The number of rotatable bonds is 5. The van der Waals surface area contributed by atoms with Crippen molar-refractivity contribution in [3.05, 3.63) is 58.9 Å². The summed E-state index contributed by atoms with van der Waals surface area (Å²) in [6, 6.07) is 7.77. The quantitative estimate of drug-likeness (QED) is 0.220. The van der Waals surface area contributed by atoms with Gasteiger partial charge in [0.25, 0.3) is 5.91 Å². The highest BCUT2D eigenvalue weighted by Gasteiger charge is 2.51. The summed E-state index contributed by atoms with van der Waals surface area (Å²) < 4.78 is 71.7. The molecule has 2 aliphatic rings. The first-order chi connectivity index (χ1) is 18.6. The number of halogens is 4. The number of thiol groups is 1. The molecule has 0 aromatic heterocycles. The molecule has 0 bridgehead atoms. The molecule has 2 heterocycles. The molecule has 2 aliphatic heterocycles. The van der Waals surface area contributed by atoms with E-state index < -0.39 is 46.3 Å². The van der Waals surface area contributed by atoms with Gasteiger partial charge >= 0.3 is 12.1 Å². The Labute approximate surface area is 236 Å². The number of esters is 1. The maximum atomic E-state index is 15.1. The molecule has 0 aliphatic carbocycles. The van der Waals surface area contributed by atoms with E-state index in [2.05, 4.69) is 0 Å². The van der Waals surface area contributed by atoms with Crippen molar-refractivity contribution in [1.29, 1.82) is 5.26 Å². The molecule has 2 aromatic carbocycles. The fourth-order valence-corrected chi connectivity index (χ4v) is 5.51. The predicted octanol–water partition coefficient (Wildman–Crippen LogP) is 5.12. The maximum absolute atomic E-state index is 15.1. The maximum Gasteiger partial charge on any atom is 0.417 e. The third-order valence-electron chi connectivity index (χ3n) is 6.17. The smallest absolute Gasteiger partial charge is 0.417 e. The van der Waals surface area contributed by atoms with Crippen LogP contribution in [0.25, 0.3) is 0 Å². The highest BCUT2D eigenvalue weighted by molar-refractivity contribution is 7.97. The number of thiocarbonyl (C=S) groups is 1. The summed E-state index contributed by atoms with van der Waals surface area (Å²) >= 11 is 5.95. The second-order valence-corrected chi connectivity index (χ2v) is 11.2. The summed E-state index contributed by atoms with van der Waals surface area (Å²) in [7, 11) is 0. The summed E-state index contributed by atoms with van der Waals surface area (Å²) in [6.45, 7) is 6.73. The van der Waals surface area contributed by atoms with Gasteiger partial charge in [-0.1, -0.05) is 0 Å². The Kier molecular flexibility index (Phi) is 7.81. The van der Waals surface area contributed by atoms with Crippen LogP contribution in [-0.4, -0.2) is 45.9 Å². The Hall–Kier alpha value is -3.38. The van der Waals surface area contributed by atoms with E-state index in [9.17, 15) is 22.8 Å². The van der Waals surface area contributed by atoms with Gasteiger partial charge in [0.15, 0.2) is 10.9 Å². The molecule has 8 nitrogen and oxygen atoms in total. The van der Waals surface area contributed by atoms with Gasteiger partial charge in [-0.3, -0.25) is 9.69 Å². The summed E-state index contributed by atoms with van der Waals surface area (Å²) in [5, 5.41) is 8.86. The van der Waals surface area contributed by atoms with Crippen molar-refractivity contribution >= 4 is 57.5 Å². The van der Waals surface area contributed by atoms with Crippen molar-refractivity contribution in [3.63, 3.8) is 0 Å². The molecule has 0 saturated carbocycles. The molecular weight excluding hydrogens is 574 g/mol. The molecule has 0 radical (unpaired) electrons. The SMILES string of the molecule is CC1(C)OCC(/[SH]=C\OC(=O)c2ccc(N3C(=S)N(c4ccc(C#N)c(C(F)(F)F)c4)C(=O)C3(C)C)cc2F)O1. The Morgan fingerprint density at radius 2 is 1.88 bits per heavy atom. The Morgan fingerprint density at radius 3 is 2.45 bits per heavy atom. The molecule has 1 amide bonds. The molecule has 2 saturated heterocycles.